The highest BCUT2D eigenvalue weighted by Crippen LogP contribution is 2.08. The zero-order valence-corrected chi connectivity index (χ0v) is 10.6. The van der Waals surface area contributed by atoms with Gasteiger partial charge in [0.25, 0.3) is 0 Å². The Hall–Kier alpha value is -0.650. The van der Waals surface area contributed by atoms with Gasteiger partial charge in [-0.15, -0.1) is 0 Å². The summed E-state index contributed by atoms with van der Waals surface area (Å²) in [5, 5.41) is 15.1. The molecular formula is C12H24N2O3. The summed E-state index contributed by atoms with van der Waals surface area (Å²) in [6, 6.07) is -0.182. The van der Waals surface area contributed by atoms with Crippen LogP contribution in [0.4, 0.5) is 0 Å². The van der Waals surface area contributed by atoms with Crippen LogP contribution in [-0.4, -0.2) is 50.0 Å². The van der Waals surface area contributed by atoms with Crippen LogP contribution in [0, 0.1) is 0 Å². The summed E-state index contributed by atoms with van der Waals surface area (Å²) >= 11 is 0. The molecule has 5 heteroatoms. The molecular weight excluding hydrogens is 220 g/mol. The molecule has 1 aliphatic rings. The van der Waals surface area contributed by atoms with E-state index in [0.29, 0.717) is 13.0 Å². The maximum absolute atomic E-state index is 12.0. The number of ether oxygens (including phenoxy) is 1. The fraction of sp³-hybridized carbons (Fsp3) is 0.917. The maximum Gasteiger partial charge on any atom is 0.237 e. The Bertz CT molecular complexity index is 210. The van der Waals surface area contributed by atoms with E-state index in [1.807, 2.05) is 0 Å². The minimum Gasteiger partial charge on any atom is -0.396 e. The van der Waals surface area contributed by atoms with Crippen molar-refractivity contribution in [3.8, 4) is 0 Å². The van der Waals surface area contributed by atoms with Crippen molar-refractivity contribution in [2.45, 2.75) is 44.2 Å². The summed E-state index contributed by atoms with van der Waals surface area (Å²) in [7, 11) is 1.60. The van der Waals surface area contributed by atoms with E-state index in [-0.39, 0.29) is 24.6 Å². The molecule has 1 amide bonds. The van der Waals surface area contributed by atoms with Crippen LogP contribution < -0.4 is 10.6 Å². The molecule has 0 aromatic heterocycles. The highest BCUT2D eigenvalue weighted by molar-refractivity contribution is 5.82. The van der Waals surface area contributed by atoms with E-state index >= 15 is 0 Å². The van der Waals surface area contributed by atoms with Crippen molar-refractivity contribution >= 4 is 5.91 Å². The summed E-state index contributed by atoms with van der Waals surface area (Å²) < 4.78 is 5.02. The number of hydrogen-bond acceptors (Lipinski definition) is 4. The molecule has 0 spiro atoms. The van der Waals surface area contributed by atoms with E-state index in [1.165, 1.54) is 6.42 Å². The van der Waals surface area contributed by atoms with Gasteiger partial charge in [-0.3, -0.25) is 4.79 Å². The third-order valence-electron chi connectivity index (χ3n) is 3.07. The Balaban J connectivity index is 2.38. The summed E-state index contributed by atoms with van der Waals surface area (Å²) in [4.78, 5) is 12.0. The number of methoxy groups -OCH3 is 1. The van der Waals surface area contributed by atoms with Gasteiger partial charge in [0.05, 0.1) is 18.7 Å². The highest BCUT2D eigenvalue weighted by Gasteiger charge is 2.21. The van der Waals surface area contributed by atoms with Crippen LogP contribution in [0.5, 0.6) is 0 Å². The number of carbonyl (C=O) groups excluding carboxylic acids is 1. The predicted octanol–water partition coefficient (Wildman–Crippen LogP) is 0.0322. The van der Waals surface area contributed by atoms with Gasteiger partial charge in [0.1, 0.15) is 0 Å². The van der Waals surface area contributed by atoms with Crippen molar-refractivity contribution in [2.75, 3.05) is 26.9 Å². The maximum atomic E-state index is 12.0. The summed E-state index contributed by atoms with van der Waals surface area (Å²) in [6.45, 7) is 1.42. The first-order valence-corrected chi connectivity index (χ1v) is 6.41. The predicted molar refractivity (Wildman–Crippen MR) is 65.8 cm³/mol. The lowest BCUT2D eigenvalue weighted by molar-refractivity contribution is -0.124. The van der Waals surface area contributed by atoms with Gasteiger partial charge >= 0.3 is 0 Å². The summed E-state index contributed by atoms with van der Waals surface area (Å²) in [5.41, 5.74) is 0. The smallest absolute Gasteiger partial charge is 0.237 e. The second kappa shape index (κ2) is 8.44. The number of aliphatic hydroxyl groups is 1. The summed E-state index contributed by atoms with van der Waals surface area (Å²) in [5.74, 6) is 0.0300. The Morgan fingerprint density at radius 2 is 2.35 bits per heavy atom. The van der Waals surface area contributed by atoms with Crippen molar-refractivity contribution in [1.82, 2.24) is 10.6 Å². The van der Waals surface area contributed by atoms with E-state index < -0.39 is 0 Å². The minimum atomic E-state index is -0.0949. The Morgan fingerprint density at radius 1 is 1.53 bits per heavy atom. The normalized spacial score (nSPS) is 22.8. The van der Waals surface area contributed by atoms with E-state index in [1.54, 1.807) is 7.11 Å². The number of amides is 1. The van der Waals surface area contributed by atoms with Gasteiger partial charge in [-0.05, 0) is 25.8 Å². The molecule has 0 aromatic rings. The molecule has 0 aromatic carbocycles. The van der Waals surface area contributed by atoms with Crippen LogP contribution in [-0.2, 0) is 9.53 Å². The first-order chi connectivity index (χ1) is 8.27. The molecule has 5 nitrogen and oxygen atoms in total. The largest absolute Gasteiger partial charge is 0.396 e. The van der Waals surface area contributed by atoms with Crippen molar-refractivity contribution in [3.63, 3.8) is 0 Å². The SMILES string of the molecule is COCC(CCO)NC(=O)C1CCCCCN1. The molecule has 0 saturated carbocycles. The second-order valence-electron chi connectivity index (χ2n) is 4.53. The lowest BCUT2D eigenvalue weighted by Gasteiger charge is -2.21. The quantitative estimate of drug-likeness (QED) is 0.616. The fourth-order valence-corrected chi connectivity index (χ4v) is 2.11. The van der Waals surface area contributed by atoms with Crippen molar-refractivity contribution in [3.05, 3.63) is 0 Å². The van der Waals surface area contributed by atoms with Gasteiger partial charge in [-0.25, -0.2) is 0 Å². The minimum absolute atomic E-state index is 0.0300. The molecule has 0 bridgehead atoms. The number of hydrogen-bond donors (Lipinski definition) is 3. The van der Waals surface area contributed by atoms with Gasteiger partial charge < -0.3 is 20.5 Å². The van der Waals surface area contributed by atoms with Gasteiger partial charge in [-0.2, -0.15) is 0 Å². The molecule has 2 unspecified atom stereocenters. The van der Waals surface area contributed by atoms with E-state index in [9.17, 15) is 4.79 Å². The number of nitrogens with one attached hydrogen (secondary N) is 2. The Kier molecular flexibility index (Phi) is 7.16. The van der Waals surface area contributed by atoms with Gasteiger partial charge in [0, 0.05) is 13.7 Å². The number of aliphatic hydroxyl groups excluding tert-OH is 1. The van der Waals surface area contributed by atoms with Crippen LogP contribution in [0.3, 0.4) is 0 Å². The van der Waals surface area contributed by atoms with Gasteiger partial charge in [0.2, 0.25) is 5.91 Å². The van der Waals surface area contributed by atoms with Crippen LogP contribution in [0.1, 0.15) is 32.1 Å². The molecule has 1 saturated heterocycles. The zero-order valence-electron chi connectivity index (χ0n) is 10.6. The zero-order chi connectivity index (χ0) is 12.5. The fourth-order valence-electron chi connectivity index (χ4n) is 2.11. The molecule has 17 heavy (non-hydrogen) atoms. The molecule has 100 valence electrons. The molecule has 0 radical (unpaired) electrons. The standard InChI is InChI=1S/C12H24N2O3/c1-17-9-10(6-8-15)14-12(16)11-5-3-2-4-7-13-11/h10-11,13,15H,2-9H2,1H3,(H,14,16). The van der Waals surface area contributed by atoms with Crippen LogP contribution in [0.25, 0.3) is 0 Å². The van der Waals surface area contributed by atoms with Crippen molar-refractivity contribution in [1.29, 1.82) is 0 Å². The van der Waals surface area contributed by atoms with Crippen LogP contribution >= 0.6 is 0 Å². The van der Waals surface area contributed by atoms with Crippen LogP contribution in [0.15, 0.2) is 0 Å². The van der Waals surface area contributed by atoms with Crippen LogP contribution in [0.2, 0.25) is 0 Å². The highest BCUT2D eigenvalue weighted by atomic mass is 16.5. The van der Waals surface area contributed by atoms with Crippen molar-refractivity contribution < 1.29 is 14.6 Å². The molecule has 1 rings (SSSR count). The first kappa shape index (κ1) is 14.4. The molecule has 3 N–H and O–H groups in total. The molecule has 0 aliphatic carbocycles. The van der Waals surface area contributed by atoms with Gasteiger partial charge in [-0.1, -0.05) is 12.8 Å². The topological polar surface area (TPSA) is 70.6 Å². The Morgan fingerprint density at radius 3 is 3.06 bits per heavy atom. The van der Waals surface area contributed by atoms with Crippen molar-refractivity contribution in [2.24, 2.45) is 0 Å². The van der Waals surface area contributed by atoms with Gasteiger partial charge in [0.15, 0.2) is 0 Å². The number of carbonyl (C=O) groups is 1. The van der Waals surface area contributed by atoms with E-state index in [0.717, 1.165) is 25.8 Å². The first-order valence-electron chi connectivity index (χ1n) is 6.41. The third-order valence-corrected chi connectivity index (χ3v) is 3.07. The molecule has 1 heterocycles. The molecule has 1 aliphatic heterocycles. The molecule has 2 atom stereocenters. The second-order valence-corrected chi connectivity index (χ2v) is 4.53. The average Bonchev–Trinajstić information content (AvgIpc) is 2.58. The monoisotopic (exact) mass is 244 g/mol. The third kappa shape index (κ3) is 5.48. The number of rotatable bonds is 6. The Labute approximate surface area is 103 Å². The van der Waals surface area contributed by atoms with E-state index in [4.69, 9.17) is 9.84 Å². The van der Waals surface area contributed by atoms with E-state index in [2.05, 4.69) is 10.6 Å². The summed E-state index contributed by atoms with van der Waals surface area (Å²) in [6.07, 6.45) is 4.85. The average molecular weight is 244 g/mol. The lowest BCUT2D eigenvalue weighted by atomic mass is 10.1. The lowest BCUT2D eigenvalue weighted by Crippen LogP contribution is -2.49. The molecule has 1 fully saturated rings.